The molecule has 36 heavy (non-hydrogen) atoms. The highest BCUT2D eigenvalue weighted by atomic mass is 19.2. The highest BCUT2D eigenvalue weighted by Gasteiger charge is 2.33. The first-order valence-corrected chi connectivity index (χ1v) is 13.6. The number of benzene rings is 2. The van der Waals surface area contributed by atoms with Crippen LogP contribution >= 0.6 is 0 Å². The first kappa shape index (κ1) is 25.2. The molecule has 0 spiro atoms. The Morgan fingerprint density at radius 1 is 0.722 bits per heavy atom. The quantitative estimate of drug-likeness (QED) is 0.403. The van der Waals surface area contributed by atoms with Gasteiger partial charge in [0.15, 0.2) is 12.3 Å². The van der Waals surface area contributed by atoms with Gasteiger partial charge in [0.1, 0.15) is 11.6 Å². The summed E-state index contributed by atoms with van der Waals surface area (Å²) >= 11 is 0. The van der Waals surface area contributed by atoms with Crippen molar-refractivity contribution in [2.24, 2.45) is 17.8 Å². The fraction of sp³-hybridized carbons (Fsp3) is 0.500. The van der Waals surface area contributed by atoms with E-state index in [9.17, 15) is 8.78 Å². The van der Waals surface area contributed by atoms with Crippen molar-refractivity contribution < 1.29 is 17.9 Å². The van der Waals surface area contributed by atoms with Crippen LogP contribution in [0.25, 0.3) is 16.7 Å². The van der Waals surface area contributed by atoms with Crippen molar-refractivity contribution in [3.63, 3.8) is 0 Å². The summed E-state index contributed by atoms with van der Waals surface area (Å²) in [5, 5.41) is 0. The molecule has 0 saturated heterocycles. The van der Waals surface area contributed by atoms with E-state index in [0.717, 1.165) is 41.7 Å². The zero-order valence-electron chi connectivity index (χ0n) is 21.4. The average molecular weight is 495 g/mol. The largest absolute Gasteiger partial charge is 0.498 e. The molecule has 4 heteroatoms. The van der Waals surface area contributed by atoms with Crippen molar-refractivity contribution in [1.82, 2.24) is 0 Å². The van der Waals surface area contributed by atoms with E-state index in [1.54, 1.807) is 36.4 Å². The van der Waals surface area contributed by atoms with Crippen molar-refractivity contribution in [3.8, 4) is 11.1 Å². The molecule has 5 rings (SSSR count). The van der Waals surface area contributed by atoms with Crippen molar-refractivity contribution >= 4 is 5.57 Å². The Morgan fingerprint density at radius 3 is 1.94 bits per heavy atom. The predicted molar refractivity (Wildman–Crippen MR) is 141 cm³/mol. The Bertz CT molecular complexity index is 1100. The van der Waals surface area contributed by atoms with E-state index in [4.69, 9.17) is 4.74 Å². The second-order valence-electron chi connectivity index (χ2n) is 11.1. The van der Waals surface area contributed by atoms with Crippen LogP contribution in [0.3, 0.4) is 0 Å². The van der Waals surface area contributed by atoms with Gasteiger partial charge in [0.25, 0.3) is 0 Å². The molecule has 2 aromatic rings. The molecule has 0 bridgehead atoms. The van der Waals surface area contributed by atoms with Gasteiger partial charge in [0, 0.05) is 5.56 Å². The van der Waals surface area contributed by atoms with Gasteiger partial charge in [-0.3, -0.25) is 0 Å². The first-order chi connectivity index (χ1) is 17.4. The lowest BCUT2D eigenvalue weighted by Gasteiger charge is -2.37. The molecule has 0 amide bonds. The van der Waals surface area contributed by atoms with Crippen LogP contribution in [0.4, 0.5) is 13.2 Å². The summed E-state index contributed by atoms with van der Waals surface area (Å²) in [5.74, 6) is 2.85. The number of hydrogen-bond donors (Lipinski definition) is 0. The molecule has 0 heterocycles. The molecule has 2 aromatic carbocycles. The summed E-state index contributed by atoms with van der Waals surface area (Å²) in [6.45, 7) is 2.38. The Balaban J connectivity index is 1.24. The van der Waals surface area contributed by atoms with Crippen molar-refractivity contribution in [3.05, 3.63) is 77.3 Å². The molecule has 0 aromatic heterocycles. The standard InChI is InChI=1S/C32H37F3O/c1-20-3-5-21(6-4-20)22-7-9-23(10-8-22)26-15-16-27(29(33)19-26)24-11-13-25(14-12-24)28-17-18-30(36-2)32(35)31(28)34/h11-23,31-32H,3-10H2,1-2H3. The zero-order chi connectivity index (χ0) is 25.2. The lowest BCUT2D eigenvalue weighted by Crippen LogP contribution is -2.24. The van der Waals surface area contributed by atoms with Crippen LogP contribution in [0.1, 0.15) is 75.3 Å². The molecular formula is C32H37F3O. The summed E-state index contributed by atoms with van der Waals surface area (Å²) < 4.78 is 48.9. The Kier molecular flexibility index (Phi) is 7.60. The minimum absolute atomic E-state index is 0.0119. The first-order valence-electron chi connectivity index (χ1n) is 13.6. The van der Waals surface area contributed by atoms with E-state index in [2.05, 4.69) is 13.0 Å². The summed E-state index contributed by atoms with van der Waals surface area (Å²) in [4.78, 5) is 0. The maximum Gasteiger partial charge on any atom is 0.192 e. The van der Waals surface area contributed by atoms with Crippen molar-refractivity contribution in [1.29, 1.82) is 0 Å². The zero-order valence-corrected chi connectivity index (χ0v) is 21.4. The molecule has 0 aliphatic heterocycles. The van der Waals surface area contributed by atoms with Gasteiger partial charge in [-0.2, -0.15) is 0 Å². The number of ether oxygens (including phenoxy) is 1. The summed E-state index contributed by atoms with van der Waals surface area (Å²) in [7, 11) is 1.33. The van der Waals surface area contributed by atoms with Crippen LogP contribution in [0.5, 0.6) is 0 Å². The van der Waals surface area contributed by atoms with E-state index in [1.807, 2.05) is 6.07 Å². The Labute approximate surface area is 213 Å². The van der Waals surface area contributed by atoms with Gasteiger partial charge in [-0.25, -0.2) is 13.2 Å². The number of hydrogen-bond acceptors (Lipinski definition) is 1. The lowest BCUT2D eigenvalue weighted by molar-refractivity contribution is 0.152. The SMILES string of the molecule is COC1=CC=C(c2ccc(-c3ccc(C4CCC(C5CCC(C)CC5)CC4)cc3F)cc2)C(F)C1F. The molecule has 0 N–H and O–H groups in total. The van der Waals surface area contributed by atoms with Crippen LogP contribution in [-0.4, -0.2) is 19.5 Å². The molecule has 2 fully saturated rings. The van der Waals surface area contributed by atoms with E-state index in [1.165, 1.54) is 51.7 Å². The van der Waals surface area contributed by atoms with Crippen LogP contribution < -0.4 is 0 Å². The second-order valence-corrected chi connectivity index (χ2v) is 11.1. The monoisotopic (exact) mass is 494 g/mol. The van der Waals surface area contributed by atoms with Crippen LogP contribution in [0, 0.1) is 23.6 Å². The van der Waals surface area contributed by atoms with Gasteiger partial charge >= 0.3 is 0 Å². The summed E-state index contributed by atoms with van der Waals surface area (Å²) in [6.07, 6.45) is 9.78. The average Bonchev–Trinajstić information content (AvgIpc) is 2.91. The molecule has 0 radical (unpaired) electrons. The van der Waals surface area contributed by atoms with Crippen LogP contribution in [0.2, 0.25) is 0 Å². The van der Waals surface area contributed by atoms with Crippen LogP contribution in [-0.2, 0) is 4.74 Å². The third-order valence-electron chi connectivity index (χ3n) is 8.98. The summed E-state index contributed by atoms with van der Waals surface area (Å²) in [5.41, 5.74) is 3.22. The highest BCUT2D eigenvalue weighted by molar-refractivity contribution is 5.75. The summed E-state index contributed by atoms with van der Waals surface area (Å²) in [6, 6.07) is 12.7. The maximum atomic E-state index is 15.2. The third-order valence-corrected chi connectivity index (χ3v) is 8.98. The number of methoxy groups -OCH3 is 1. The van der Waals surface area contributed by atoms with Gasteiger partial charge in [-0.1, -0.05) is 62.2 Å². The van der Waals surface area contributed by atoms with Gasteiger partial charge in [0.05, 0.1) is 7.11 Å². The normalized spacial score (nSPS) is 30.9. The van der Waals surface area contributed by atoms with Gasteiger partial charge < -0.3 is 4.74 Å². The molecule has 2 saturated carbocycles. The second kappa shape index (κ2) is 10.9. The predicted octanol–water partition coefficient (Wildman–Crippen LogP) is 9.20. The highest BCUT2D eigenvalue weighted by Crippen LogP contribution is 2.44. The molecule has 3 aliphatic rings. The van der Waals surface area contributed by atoms with E-state index < -0.39 is 12.3 Å². The minimum Gasteiger partial charge on any atom is -0.498 e. The van der Waals surface area contributed by atoms with Gasteiger partial charge in [-0.15, -0.1) is 0 Å². The molecule has 2 atom stereocenters. The number of allylic oxidation sites excluding steroid dienone is 4. The fourth-order valence-electron chi connectivity index (χ4n) is 6.64. The minimum atomic E-state index is -1.82. The molecule has 192 valence electrons. The molecular weight excluding hydrogens is 457 g/mol. The molecule has 2 unspecified atom stereocenters. The van der Waals surface area contributed by atoms with Crippen molar-refractivity contribution in [2.75, 3.05) is 7.11 Å². The third kappa shape index (κ3) is 5.14. The number of rotatable bonds is 5. The molecule has 3 aliphatic carbocycles. The topological polar surface area (TPSA) is 9.23 Å². The maximum absolute atomic E-state index is 15.2. The van der Waals surface area contributed by atoms with Gasteiger partial charge in [-0.05, 0) is 96.6 Å². The van der Waals surface area contributed by atoms with Crippen LogP contribution in [0.15, 0.2) is 60.4 Å². The van der Waals surface area contributed by atoms with E-state index >= 15 is 4.39 Å². The Morgan fingerprint density at radius 2 is 1.33 bits per heavy atom. The van der Waals surface area contributed by atoms with E-state index in [-0.39, 0.29) is 17.1 Å². The van der Waals surface area contributed by atoms with Gasteiger partial charge in [0.2, 0.25) is 0 Å². The lowest BCUT2D eigenvalue weighted by atomic mass is 9.68. The number of halogens is 3. The smallest absolute Gasteiger partial charge is 0.192 e. The van der Waals surface area contributed by atoms with E-state index in [0.29, 0.717) is 17.0 Å². The fourth-order valence-corrected chi connectivity index (χ4v) is 6.64. The molecule has 1 nitrogen and oxygen atoms in total. The Hall–Kier alpha value is -2.49. The van der Waals surface area contributed by atoms with Crippen molar-refractivity contribution in [2.45, 2.75) is 76.6 Å². The number of alkyl halides is 2.